The zero-order valence-corrected chi connectivity index (χ0v) is 26.2. The highest BCUT2D eigenvalue weighted by atomic mass is 19.2. The molecule has 0 spiro atoms. The lowest BCUT2D eigenvalue weighted by molar-refractivity contribution is -0.921. The number of nitrogens with zero attached hydrogens (tertiary/aromatic N) is 3. The van der Waals surface area contributed by atoms with Crippen molar-refractivity contribution < 1.29 is 46.9 Å². The molecule has 0 aliphatic heterocycles. The average Bonchev–Trinajstić information content (AvgIpc) is 2.90. The molecule has 0 aromatic heterocycles. The normalized spacial score (nSPS) is 10.7. The van der Waals surface area contributed by atoms with Crippen LogP contribution in [0.2, 0.25) is 0 Å². The minimum atomic E-state index is -2.92. The Morgan fingerprint density at radius 2 is 0.514 bits per heavy atom. The highest BCUT2D eigenvalue weighted by molar-refractivity contribution is 6.28. The minimum Gasteiger partial charge on any atom is -0.907 e. The highest BCUT2D eigenvalue weighted by Gasteiger charge is 2.17. The van der Waals surface area contributed by atoms with Gasteiger partial charge < -0.3 is 28.5 Å². The second-order valence-electron chi connectivity index (χ2n) is 8.66. The second kappa shape index (κ2) is 28.0. The molecule has 0 atom stereocenters. The van der Waals surface area contributed by atoms with Crippen LogP contribution in [0.5, 0.6) is 0 Å². The molecule has 0 amide bonds. The maximum atomic E-state index is 10.5. The second-order valence-corrected chi connectivity index (χ2v) is 8.66. The summed E-state index contributed by atoms with van der Waals surface area (Å²) in [6.07, 6.45) is 0. The van der Waals surface area contributed by atoms with Gasteiger partial charge in [0.15, 0.2) is 0 Å². The van der Waals surface area contributed by atoms with Crippen molar-refractivity contribution >= 4 is 19.4 Å². The molecule has 0 aromatic rings. The minimum absolute atomic E-state index is 1.28. The first-order chi connectivity index (χ1) is 17.1. The molecule has 0 fully saturated rings. The molecule has 0 saturated heterocycles. The summed E-state index contributed by atoms with van der Waals surface area (Å²) in [5.41, 5.74) is 0. The molecule has 0 aliphatic carbocycles. The van der Waals surface area contributed by atoms with Crippen molar-refractivity contribution in [3.8, 4) is 0 Å². The van der Waals surface area contributed by atoms with E-state index in [1.54, 1.807) is 0 Å². The molecule has 0 aromatic carbocycles. The standard InChI is InChI=1S/3C8H20N.C2F2O2.BO3/c3*1-5-9(6-2,7-3)8-4;3-1(5)2(4)6;2-1(3)4/h3*5-8H2,1-4H3;;/q3*+1;;-3. The van der Waals surface area contributed by atoms with Gasteiger partial charge in [-0.15, -0.1) is 0 Å². The molecule has 8 nitrogen and oxygen atoms in total. The number of carbonyl (C=O) groups is 2. The summed E-state index contributed by atoms with van der Waals surface area (Å²) in [5, 5.41) is 25.2. The summed E-state index contributed by atoms with van der Waals surface area (Å²) in [5.74, 6) is 0. The lowest BCUT2D eigenvalue weighted by Gasteiger charge is -2.35. The average molecular weight is 544 g/mol. The zero-order valence-electron chi connectivity index (χ0n) is 26.2. The number of carbonyl (C=O) groups excluding carboxylic acids is 2. The first-order valence-electron chi connectivity index (χ1n) is 14.0. The predicted octanol–water partition coefficient (Wildman–Crippen LogP) is 1.68. The van der Waals surface area contributed by atoms with Crippen molar-refractivity contribution in [1.29, 1.82) is 0 Å². The van der Waals surface area contributed by atoms with Gasteiger partial charge in [-0.05, 0) is 83.1 Å². The number of hydrogen-bond acceptors (Lipinski definition) is 5. The van der Waals surface area contributed by atoms with Crippen molar-refractivity contribution in [2.75, 3.05) is 78.5 Å². The fraction of sp³-hybridized carbons (Fsp3) is 0.923. The molecule has 0 saturated carbocycles. The first-order valence-corrected chi connectivity index (χ1v) is 14.0. The Kier molecular flexibility index (Phi) is 34.8. The molecule has 11 heteroatoms. The van der Waals surface area contributed by atoms with Gasteiger partial charge in [0.1, 0.15) is 0 Å². The van der Waals surface area contributed by atoms with Gasteiger partial charge in [-0.2, -0.15) is 8.78 Å². The Morgan fingerprint density at radius 3 is 0.514 bits per heavy atom. The summed E-state index contributed by atoms with van der Waals surface area (Å²) in [6, 6.07) is -5.09. The Balaban J connectivity index is -0.000000118. The number of halogens is 2. The van der Waals surface area contributed by atoms with Gasteiger partial charge in [-0.1, -0.05) is 0 Å². The van der Waals surface area contributed by atoms with Crippen LogP contribution in [0.1, 0.15) is 83.1 Å². The van der Waals surface area contributed by atoms with E-state index < -0.39 is 19.4 Å². The maximum Gasteiger partial charge on any atom is 0.401 e. The van der Waals surface area contributed by atoms with Crippen LogP contribution in [0.4, 0.5) is 8.78 Å². The van der Waals surface area contributed by atoms with Crippen LogP contribution < -0.4 is 15.1 Å². The topological polar surface area (TPSA) is 103 Å². The lowest BCUT2D eigenvalue weighted by atomic mass is 10.3. The molecule has 0 bridgehead atoms. The monoisotopic (exact) mass is 543 g/mol. The third kappa shape index (κ3) is 25.1. The van der Waals surface area contributed by atoms with Gasteiger partial charge in [0.05, 0.1) is 78.5 Å². The summed E-state index contributed by atoms with van der Waals surface area (Å²) < 4.78 is 24.8. The van der Waals surface area contributed by atoms with E-state index in [-0.39, 0.29) is 0 Å². The van der Waals surface area contributed by atoms with Crippen LogP contribution in [0.15, 0.2) is 0 Å². The quantitative estimate of drug-likeness (QED) is 0.152. The molecule has 0 radical (unpaired) electrons. The Bertz CT molecular complexity index is 404. The molecule has 0 heterocycles. The van der Waals surface area contributed by atoms with Crippen LogP contribution in [0, 0.1) is 0 Å². The van der Waals surface area contributed by atoms with Crippen LogP contribution in [-0.2, 0) is 9.59 Å². The molecule has 0 unspecified atom stereocenters. The Morgan fingerprint density at radius 1 is 0.432 bits per heavy atom. The van der Waals surface area contributed by atoms with Gasteiger partial charge in [0, 0.05) is 0 Å². The SMILES string of the molecule is CC[N+](CC)(CC)CC.CC[N+](CC)(CC)CC.CC[N+](CC)(CC)CC.O=C(F)C(=O)F.[O-]B([O-])[O-]. The smallest absolute Gasteiger partial charge is 0.401 e. The summed E-state index contributed by atoms with van der Waals surface area (Å²) in [6.45, 7) is 42.7. The van der Waals surface area contributed by atoms with Crippen LogP contribution >= 0.6 is 0 Å². The Hall–Kier alpha value is -0.975. The predicted molar refractivity (Wildman–Crippen MR) is 145 cm³/mol. The molecule has 0 aliphatic rings. The third-order valence-electron chi connectivity index (χ3n) is 8.20. The molecule has 0 rings (SSSR count). The van der Waals surface area contributed by atoms with E-state index in [4.69, 9.17) is 24.7 Å². The van der Waals surface area contributed by atoms with E-state index >= 15 is 0 Å². The van der Waals surface area contributed by atoms with E-state index in [2.05, 4.69) is 83.1 Å². The summed E-state index contributed by atoms with van der Waals surface area (Å²) >= 11 is 0. The van der Waals surface area contributed by atoms with Crippen LogP contribution in [-0.4, -0.2) is 111 Å². The van der Waals surface area contributed by atoms with Gasteiger partial charge in [0.2, 0.25) is 0 Å². The van der Waals surface area contributed by atoms with E-state index in [1.807, 2.05) is 0 Å². The highest BCUT2D eigenvalue weighted by Crippen LogP contribution is 2.04. The van der Waals surface area contributed by atoms with Crippen molar-refractivity contribution in [2.24, 2.45) is 0 Å². The Labute approximate surface area is 228 Å². The largest absolute Gasteiger partial charge is 0.907 e. The van der Waals surface area contributed by atoms with E-state index in [0.717, 1.165) is 0 Å². The van der Waals surface area contributed by atoms with Gasteiger partial charge in [-0.25, -0.2) is 9.59 Å². The van der Waals surface area contributed by atoms with E-state index in [0.29, 0.717) is 0 Å². The van der Waals surface area contributed by atoms with Crippen molar-refractivity contribution in [2.45, 2.75) is 83.1 Å². The maximum absolute atomic E-state index is 10.5. The fourth-order valence-corrected chi connectivity index (χ4v) is 4.02. The summed E-state index contributed by atoms with van der Waals surface area (Å²) in [7, 11) is -2.92. The van der Waals surface area contributed by atoms with Gasteiger partial charge >= 0.3 is 12.1 Å². The van der Waals surface area contributed by atoms with E-state index in [9.17, 15) is 8.78 Å². The molecule has 0 N–H and O–H groups in total. The molecular formula is C26H60BF2N3O5. The number of rotatable bonds is 13. The molecule has 37 heavy (non-hydrogen) atoms. The zero-order chi connectivity index (χ0) is 30.7. The lowest BCUT2D eigenvalue weighted by Crippen LogP contribution is -2.56. The third-order valence-corrected chi connectivity index (χ3v) is 8.20. The van der Waals surface area contributed by atoms with Crippen molar-refractivity contribution in [3.63, 3.8) is 0 Å². The number of hydrogen-bond donors (Lipinski definition) is 0. The van der Waals surface area contributed by atoms with Gasteiger partial charge in [0.25, 0.3) is 0 Å². The van der Waals surface area contributed by atoms with Crippen molar-refractivity contribution in [1.82, 2.24) is 0 Å². The summed E-state index contributed by atoms with van der Waals surface area (Å²) in [4.78, 5) is 17.5. The van der Waals surface area contributed by atoms with Crippen molar-refractivity contribution in [3.05, 3.63) is 0 Å². The number of quaternary nitrogens is 3. The molecule has 226 valence electrons. The first kappa shape index (κ1) is 45.9. The fourth-order valence-electron chi connectivity index (χ4n) is 4.02. The van der Waals surface area contributed by atoms with E-state index in [1.165, 1.54) is 92.0 Å². The van der Waals surface area contributed by atoms with Crippen LogP contribution in [0.3, 0.4) is 0 Å². The molecular weight excluding hydrogens is 483 g/mol. The van der Waals surface area contributed by atoms with Crippen LogP contribution in [0.25, 0.3) is 0 Å². The van der Waals surface area contributed by atoms with Gasteiger partial charge in [-0.3, -0.25) is 7.32 Å².